The maximum absolute atomic E-state index is 12.6. The second-order valence-electron chi connectivity index (χ2n) is 5.77. The van der Waals surface area contributed by atoms with Gasteiger partial charge >= 0.3 is 0 Å². The molecule has 1 atom stereocenters. The standard InChI is InChI=1S/C16H24N2O/c1-3-11-18(12-13-7-5-4-6-8-13)15(19)16(2,17)14-9-10-14/h4-8,14H,3,9-12,17H2,1-2H3. The Labute approximate surface area is 115 Å². The lowest BCUT2D eigenvalue weighted by atomic mass is 9.95. The molecule has 3 nitrogen and oxygen atoms in total. The molecule has 0 bridgehead atoms. The molecule has 2 rings (SSSR count). The van der Waals surface area contributed by atoms with Gasteiger partial charge in [0.2, 0.25) is 5.91 Å². The lowest BCUT2D eigenvalue weighted by Gasteiger charge is -2.32. The Morgan fingerprint density at radius 2 is 2.00 bits per heavy atom. The van der Waals surface area contributed by atoms with Gasteiger partial charge in [0.1, 0.15) is 0 Å². The Balaban J connectivity index is 2.09. The van der Waals surface area contributed by atoms with Crippen LogP contribution in [0.2, 0.25) is 0 Å². The van der Waals surface area contributed by atoms with Crippen LogP contribution in [0.3, 0.4) is 0 Å². The number of hydrogen-bond donors (Lipinski definition) is 1. The predicted octanol–water partition coefficient (Wildman–Crippen LogP) is 2.55. The normalized spacial score (nSPS) is 17.8. The van der Waals surface area contributed by atoms with Crippen LogP contribution in [0.25, 0.3) is 0 Å². The molecule has 0 spiro atoms. The molecule has 19 heavy (non-hydrogen) atoms. The fourth-order valence-corrected chi connectivity index (χ4v) is 2.52. The van der Waals surface area contributed by atoms with Gasteiger partial charge in [-0.1, -0.05) is 37.3 Å². The van der Waals surface area contributed by atoms with Gasteiger partial charge in [-0.05, 0) is 37.7 Å². The van der Waals surface area contributed by atoms with Gasteiger partial charge in [-0.15, -0.1) is 0 Å². The highest BCUT2D eigenvalue weighted by molar-refractivity contribution is 5.86. The number of benzene rings is 1. The molecule has 104 valence electrons. The summed E-state index contributed by atoms with van der Waals surface area (Å²) in [7, 11) is 0. The average Bonchev–Trinajstić information content (AvgIpc) is 3.23. The number of carbonyl (C=O) groups excluding carboxylic acids is 1. The molecule has 1 aliphatic carbocycles. The first kappa shape index (κ1) is 14.1. The maximum Gasteiger partial charge on any atom is 0.242 e. The van der Waals surface area contributed by atoms with Crippen LogP contribution >= 0.6 is 0 Å². The van der Waals surface area contributed by atoms with Crippen molar-refractivity contribution in [1.29, 1.82) is 0 Å². The summed E-state index contributed by atoms with van der Waals surface area (Å²) in [6.45, 7) is 5.41. The molecule has 1 aromatic rings. The van der Waals surface area contributed by atoms with E-state index in [1.165, 1.54) is 0 Å². The van der Waals surface area contributed by atoms with Crippen molar-refractivity contribution in [1.82, 2.24) is 4.90 Å². The third-order valence-electron chi connectivity index (χ3n) is 3.88. The van der Waals surface area contributed by atoms with E-state index in [0.717, 1.165) is 31.4 Å². The van der Waals surface area contributed by atoms with Crippen molar-refractivity contribution >= 4 is 5.91 Å². The molecule has 1 amide bonds. The fourth-order valence-electron chi connectivity index (χ4n) is 2.52. The van der Waals surface area contributed by atoms with E-state index in [2.05, 4.69) is 19.1 Å². The van der Waals surface area contributed by atoms with E-state index in [9.17, 15) is 4.79 Å². The van der Waals surface area contributed by atoms with E-state index in [1.54, 1.807) is 0 Å². The van der Waals surface area contributed by atoms with Crippen molar-refractivity contribution in [2.45, 2.75) is 45.2 Å². The molecule has 0 radical (unpaired) electrons. The molecule has 2 N–H and O–H groups in total. The monoisotopic (exact) mass is 260 g/mol. The van der Waals surface area contributed by atoms with Crippen LogP contribution < -0.4 is 5.73 Å². The first-order valence-electron chi connectivity index (χ1n) is 7.18. The SMILES string of the molecule is CCCN(Cc1ccccc1)C(=O)C(C)(N)C1CC1. The van der Waals surface area contributed by atoms with E-state index in [4.69, 9.17) is 5.73 Å². The number of rotatable bonds is 6. The Morgan fingerprint density at radius 1 is 1.37 bits per heavy atom. The second-order valence-corrected chi connectivity index (χ2v) is 5.77. The molecule has 0 saturated heterocycles. The van der Waals surface area contributed by atoms with Gasteiger partial charge in [0.05, 0.1) is 5.54 Å². The molecule has 1 unspecified atom stereocenters. The summed E-state index contributed by atoms with van der Waals surface area (Å²) in [5.74, 6) is 0.468. The average molecular weight is 260 g/mol. The maximum atomic E-state index is 12.6. The lowest BCUT2D eigenvalue weighted by Crippen LogP contribution is -2.54. The van der Waals surface area contributed by atoms with E-state index in [-0.39, 0.29) is 5.91 Å². The van der Waals surface area contributed by atoms with Gasteiger partial charge in [0.25, 0.3) is 0 Å². The van der Waals surface area contributed by atoms with E-state index >= 15 is 0 Å². The topological polar surface area (TPSA) is 46.3 Å². The van der Waals surface area contributed by atoms with Crippen LogP contribution in [0.1, 0.15) is 38.7 Å². The van der Waals surface area contributed by atoms with Crippen molar-refractivity contribution < 1.29 is 4.79 Å². The largest absolute Gasteiger partial charge is 0.337 e. The minimum absolute atomic E-state index is 0.0979. The van der Waals surface area contributed by atoms with Crippen molar-refractivity contribution in [2.75, 3.05) is 6.54 Å². The Hall–Kier alpha value is -1.35. The van der Waals surface area contributed by atoms with Crippen molar-refractivity contribution in [3.05, 3.63) is 35.9 Å². The van der Waals surface area contributed by atoms with E-state index in [1.807, 2.05) is 30.0 Å². The first-order valence-corrected chi connectivity index (χ1v) is 7.18. The molecule has 0 aliphatic heterocycles. The van der Waals surface area contributed by atoms with Crippen molar-refractivity contribution in [2.24, 2.45) is 11.7 Å². The highest BCUT2D eigenvalue weighted by atomic mass is 16.2. The summed E-state index contributed by atoms with van der Waals surface area (Å²) in [4.78, 5) is 14.6. The summed E-state index contributed by atoms with van der Waals surface area (Å²) in [6.07, 6.45) is 3.13. The van der Waals surface area contributed by atoms with Crippen molar-refractivity contribution in [3.63, 3.8) is 0 Å². The summed E-state index contributed by atoms with van der Waals surface area (Å²) < 4.78 is 0. The molecule has 1 fully saturated rings. The van der Waals surface area contributed by atoms with Crippen molar-refractivity contribution in [3.8, 4) is 0 Å². The molecule has 1 aliphatic rings. The van der Waals surface area contributed by atoms with Gasteiger partial charge in [-0.2, -0.15) is 0 Å². The van der Waals surface area contributed by atoms with Crippen LogP contribution in [0.5, 0.6) is 0 Å². The summed E-state index contributed by atoms with van der Waals surface area (Å²) in [5, 5.41) is 0. The van der Waals surface area contributed by atoms with E-state index in [0.29, 0.717) is 12.5 Å². The fraction of sp³-hybridized carbons (Fsp3) is 0.562. The molecule has 3 heteroatoms. The van der Waals surface area contributed by atoms with Crippen LogP contribution in [0, 0.1) is 5.92 Å². The highest BCUT2D eigenvalue weighted by Crippen LogP contribution is 2.39. The number of nitrogens with zero attached hydrogens (tertiary/aromatic N) is 1. The molecule has 0 heterocycles. The number of hydrogen-bond acceptors (Lipinski definition) is 2. The van der Waals surface area contributed by atoms with Crippen LogP contribution in [0.15, 0.2) is 30.3 Å². The molecule has 0 aromatic heterocycles. The van der Waals surface area contributed by atoms with E-state index < -0.39 is 5.54 Å². The number of carbonyl (C=O) groups is 1. The van der Waals surface area contributed by atoms with Crippen LogP contribution in [-0.4, -0.2) is 22.9 Å². The minimum atomic E-state index is -0.691. The second kappa shape index (κ2) is 5.74. The van der Waals surface area contributed by atoms with Crippen LogP contribution in [0.4, 0.5) is 0 Å². The van der Waals surface area contributed by atoms with Gasteiger partial charge < -0.3 is 10.6 Å². The molecule has 1 saturated carbocycles. The molecule has 1 aromatic carbocycles. The Morgan fingerprint density at radius 3 is 2.53 bits per heavy atom. The van der Waals surface area contributed by atoms with Crippen LogP contribution in [-0.2, 0) is 11.3 Å². The zero-order chi connectivity index (χ0) is 13.9. The lowest BCUT2D eigenvalue weighted by molar-refractivity contribution is -0.137. The predicted molar refractivity (Wildman–Crippen MR) is 77.5 cm³/mol. The first-order chi connectivity index (χ1) is 9.05. The number of amides is 1. The highest BCUT2D eigenvalue weighted by Gasteiger charge is 2.45. The quantitative estimate of drug-likeness (QED) is 0.854. The summed E-state index contributed by atoms with van der Waals surface area (Å²) in [6, 6.07) is 10.1. The summed E-state index contributed by atoms with van der Waals surface area (Å²) in [5.41, 5.74) is 6.73. The Bertz CT molecular complexity index is 424. The summed E-state index contributed by atoms with van der Waals surface area (Å²) >= 11 is 0. The number of nitrogens with two attached hydrogens (primary N) is 1. The third-order valence-corrected chi connectivity index (χ3v) is 3.88. The minimum Gasteiger partial charge on any atom is -0.337 e. The molecular weight excluding hydrogens is 236 g/mol. The third kappa shape index (κ3) is 3.35. The van der Waals surface area contributed by atoms with Gasteiger partial charge in [-0.3, -0.25) is 4.79 Å². The Kier molecular flexibility index (Phi) is 4.25. The van der Waals surface area contributed by atoms with Gasteiger partial charge in [0, 0.05) is 13.1 Å². The van der Waals surface area contributed by atoms with Gasteiger partial charge in [-0.25, -0.2) is 0 Å². The zero-order valence-corrected chi connectivity index (χ0v) is 11.9. The molecular formula is C16H24N2O. The zero-order valence-electron chi connectivity index (χ0n) is 11.9. The van der Waals surface area contributed by atoms with Gasteiger partial charge in [0.15, 0.2) is 0 Å². The smallest absolute Gasteiger partial charge is 0.242 e.